The van der Waals surface area contributed by atoms with Crippen molar-refractivity contribution in [1.82, 2.24) is 10.2 Å². The first kappa shape index (κ1) is 29.0. The van der Waals surface area contributed by atoms with Crippen molar-refractivity contribution in [3.05, 3.63) is 97.4 Å². The van der Waals surface area contributed by atoms with Crippen molar-refractivity contribution in [3.63, 3.8) is 0 Å². The smallest absolute Gasteiger partial charge is 0.261 e. The molecule has 1 N–H and O–H groups in total. The molecular formula is C29H31BrCl2N2O3. The first-order valence-corrected chi connectivity index (χ1v) is 13.6. The summed E-state index contributed by atoms with van der Waals surface area (Å²) in [7, 11) is 0. The second kappa shape index (κ2) is 13.3. The van der Waals surface area contributed by atoms with Gasteiger partial charge in [0.05, 0.1) is 10.0 Å². The highest BCUT2D eigenvalue weighted by molar-refractivity contribution is 9.10. The van der Waals surface area contributed by atoms with E-state index in [1.54, 1.807) is 23.1 Å². The number of amides is 2. The minimum Gasteiger partial charge on any atom is -0.484 e. The lowest BCUT2D eigenvalue weighted by Crippen LogP contribution is -2.52. The second-order valence-electron chi connectivity index (χ2n) is 9.30. The van der Waals surface area contributed by atoms with Crippen LogP contribution in [0.4, 0.5) is 0 Å². The average Bonchev–Trinajstić information content (AvgIpc) is 2.85. The molecule has 3 aromatic rings. The number of nitrogens with one attached hydrogen (secondary N) is 1. The lowest BCUT2D eigenvalue weighted by atomic mass is 10.0. The van der Waals surface area contributed by atoms with Crippen LogP contribution in [0, 0.1) is 13.8 Å². The van der Waals surface area contributed by atoms with Gasteiger partial charge in [0.15, 0.2) is 6.61 Å². The summed E-state index contributed by atoms with van der Waals surface area (Å²) < 4.78 is 6.92. The fourth-order valence-corrected chi connectivity index (χ4v) is 4.54. The SMILES string of the molecule is Cc1cc(OCC(=O)N(Cc2ccc(Cl)c(Cl)c2)[C@@H](Cc2ccccc2)C(=O)NC(C)C)cc(C)c1Br. The molecule has 0 aliphatic carbocycles. The highest BCUT2D eigenvalue weighted by Gasteiger charge is 2.31. The van der Waals surface area contributed by atoms with Gasteiger partial charge >= 0.3 is 0 Å². The van der Waals surface area contributed by atoms with Crippen molar-refractivity contribution < 1.29 is 14.3 Å². The Bertz CT molecular complexity index is 1230. The Labute approximate surface area is 237 Å². The summed E-state index contributed by atoms with van der Waals surface area (Å²) in [6.07, 6.45) is 0.350. The lowest BCUT2D eigenvalue weighted by molar-refractivity contribution is -0.143. The molecule has 1 atom stereocenters. The van der Waals surface area contributed by atoms with E-state index in [1.165, 1.54) is 0 Å². The van der Waals surface area contributed by atoms with Gasteiger partial charge in [0.2, 0.25) is 5.91 Å². The summed E-state index contributed by atoms with van der Waals surface area (Å²) in [5.74, 6) is 0.0407. The predicted molar refractivity (Wildman–Crippen MR) is 153 cm³/mol. The van der Waals surface area contributed by atoms with Crippen LogP contribution in [0.2, 0.25) is 10.0 Å². The minimum atomic E-state index is -0.760. The second-order valence-corrected chi connectivity index (χ2v) is 10.9. The van der Waals surface area contributed by atoms with Crippen LogP contribution < -0.4 is 10.1 Å². The van der Waals surface area contributed by atoms with Crippen molar-refractivity contribution in [2.45, 2.75) is 52.7 Å². The molecule has 196 valence electrons. The van der Waals surface area contributed by atoms with E-state index in [0.29, 0.717) is 22.2 Å². The fourth-order valence-electron chi connectivity index (χ4n) is 3.99. The quantitative estimate of drug-likeness (QED) is 0.273. The Morgan fingerprint density at radius 3 is 2.19 bits per heavy atom. The fraction of sp³-hybridized carbons (Fsp3) is 0.310. The van der Waals surface area contributed by atoms with Gasteiger partial charge in [0.25, 0.3) is 5.91 Å². The van der Waals surface area contributed by atoms with Gasteiger partial charge in [0.1, 0.15) is 11.8 Å². The molecule has 0 unspecified atom stereocenters. The largest absolute Gasteiger partial charge is 0.484 e. The molecule has 0 aliphatic rings. The Morgan fingerprint density at radius 1 is 0.946 bits per heavy atom. The summed E-state index contributed by atoms with van der Waals surface area (Å²) in [6.45, 7) is 7.67. The standard InChI is InChI=1S/C29H31BrCl2N2O3/c1-18(2)33-29(36)26(15-21-8-6-5-7-9-21)34(16-22-10-11-24(31)25(32)14-22)27(35)17-37-23-12-19(3)28(30)20(4)13-23/h5-14,18,26H,15-17H2,1-4H3,(H,33,36)/t26-/m0/s1. The maximum Gasteiger partial charge on any atom is 0.261 e. The molecule has 5 nitrogen and oxygen atoms in total. The van der Waals surface area contributed by atoms with Crippen molar-refractivity contribution >= 4 is 50.9 Å². The zero-order valence-electron chi connectivity index (χ0n) is 21.4. The summed E-state index contributed by atoms with van der Waals surface area (Å²) >= 11 is 15.9. The Kier molecular flexibility index (Phi) is 10.4. The highest BCUT2D eigenvalue weighted by Crippen LogP contribution is 2.27. The summed E-state index contributed by atoms with van der Waals surface area (Å²) in [5.41, 5.74) is 3.72. The van der Waals surface area contributed by atoms with Crippen molar-refractivity contribution in [1.29, 1.82) is 0 Å². The summed E-state index contributed by atoms with van der Waals surface area (Å²) in [5, 5.41) is 3.78. The van der Waals surface area contributed by atoms with E-state index in [2.05, 4.69) is 21.2 Å². The number of rotatable bonds is 10. The van der Waals surface area contributed by atoms with Crippen LogP contribution in [-0.4, -0.2) is 35.4 Å². The zero-order chi connectivity index (χ0) is 27.1. The Hall–Kier alpha value is -2.54. The predicted octanol–water partition coefficient (Wildman–Crippen LogP) is 6.92. The van der Waals surface area contributed by atoms with E-state index < -0.39 is 6.04 Å². The highest BCUT2D eigenvalue weighted by atomic mass is 79.9. The average molecular weight is 606 g/mol. The molecular weight excluding hydrogens is 575 g/mol. The van der Waals surface area contributed by atoms with E-state index in [0.717, 1.165) is 26.7 Å². The number of carbonyl (C=O) groups excluding carboxylic acids is 2. The number of nitrogens with zero attached hydrogens (tertiary/aromatic N) is 1. The summed E-state index contributed by atoms with van der Waals surface area (Å²) in [4.78, 5) is 28.7. The van der Waals surface area contributed by atoms with Crippen LogP contribution in [0.3, 0.4) is 0 Å². The first-order chi connectivity index (χ1) is 17.5. The van der Waals surface area contributed by atoms with Gasteiger partial charge < -0.3 is 15.0 Å². The van der Waals surface area contributed by atoms with Gasteiger partial charge in [0, 0.05) is 23.5 Å². The van der Waals surface area contributed by atoms with Gasteiger partial charge in [-0.05, 0) is 74.2 Å². The van der Waals surface area contributed by atoms with Crippen LogP contribution >= 0.6 is 39.1 Å². The number of ether oxygens (including phenoxy) is 1. The molecule has 2 amide bonds. The van der Waals surface area contributed by atoms with E-state index in [1.807, 2.05) is 70.2 Å². The molecule has 0 radical (unpaired) electrons. The lowest BCUT2D eigenvalue weighted by Gasteiger charge is -2.32. The van der Waals surface area contributed by atoms with Crippen molar-refractivity contribution in [2.24, 2.45) is 0 Å². The van der Waals surface area contributed by atoms with Gasteiger partial charge in [-0.15, -0.1) is 0 Å². The van der Waals surface area contributed by atoms with Gasteiger partial charge in [-0.3, -0.25) is 9.59 Å². The van der Waals surface area contributed by atoms with Crippen LogP contribution in [0.15, 0.2) is 65.1 Å². The molecule has 0 aromatic heterocycles. The molecule has 3 rings (SSSR count). The molecule has 0 fully saturated rings. The normalized spacial score (nSPS) is 11.8. The van der Waals surface area contributed by atoms with Gasteiger partial charge in [-0.2, -0.15) is 0 Å². The maximum atomic E-state index is 13.7. The van der Waals surface area contributed by atoms with Gasteiger partial charge in [-0.25, -0.2) is 0 Å². The van der Waals surface area contributed by atoms with Gasteiger partial charge in [-0.1, -0.05) is 75.5 Å². The molecule has 0 heterocycles. The van der Waals surface area contributed by atoms with E-state index in [9.17, 15) is 9.59 Å². The molecule has 37 heavy (non-hydrogen) atoms. The molecule has 0 aliphatic heterocycles. The third-order valence-electron chi connectivity index (χ3n) is 5.81. The van der Waals surface area contributed by atoms with E-state index in [4.69, 9.17) is 27.9 Å². The Morgan fingerprint density at radius 2 is 1.59 bits per heavy atom. The number of carbonyl (C=O) groups is 2. The molecule has 3 aromatic carbocycles. The van der Waals surface area contributed by atoms with Crippen LogP contribution in [0.1, 0.15) is 36.1 Å². The number of aryl methyl sites for hydroxylation is 2. The zero-order valence-corrected chi connectivity index (χ0v) is 24.5. The number of hydrogen-bond acceptors (Lipinski definition) is 3. The molecule has 0 saturated heterocycles. The third kappa shape index (κ3) is 8.22. The van der Waals surface area contributed by atoms with Crippen LogP contribution in [0.25, 0.3) is 0 Å². The van der Waals surface area contributed by atoms with Crippen molar-refractivity contribution in [3.8, 4) is 5.75 Å². The molecule has 8 heteroatoms. The number of benzene rings is 3. The molecule has 0 bridgehead atoms. The molecule has 0 spiro atoms. The van der Waals surface area contributed by atoms with E-state index >= 15 is 0 Å². The molecule has 0 saturated carbocycles. The monoisotopic (exact) mass is 604 g/mol. The van der Waals surface area contributed by atoms with Crippen molar-refractivity contribution in [2.75, 3.05) is 6.61 Å². The minimum absolute atomic E-state index is 0.0855. The third-order valence-corrected chi connectivity index (χ3v) is 7.80. The maximum absolute atomic E-state index is 13.7. The summed E-state index contributed by atoms with van der Waals surface area (Å²) in [6, 6.07) is 17.8. The first-order valence-electron chi connectivity index (χ1n) is 12.0. The van der Waals surface area contributed by atoms with Crippen LogP contribution in [-0.2, 0) is 22.6 Å². The van der Waals surface area contributed by atoms with Crippen LogP contribution in [0.5, 0.6) is 5.75 Å². The van der Waals surface area contributed by atoms with E-state index in [-0.39, 0.29) is 31.0 Å². The number of halogens is 3. The number of hydrogen-bond donors (Lipinski definition) is 1. The Balaban J connectivity index is 1.94. The topological polar surface area (TPSA) is 58.6 Å².